The number of aryl methyl sites for hydroxylation is 1. The van der Waals surface area contributed by atoms with Crippen molar-refractivity contribution in [3.63, 3.8) is 0 Å². The van der Waals surface area contributed by atoms with Gasteiger partial charge in [0.05, 0.1) is 6.54 Å². The summed E-state index contributed by atoms with van der Waals surface area (Å²) in [6.45, 7) is 4.82. The number of fused-ring (bicyclic) bond motifs is 1. The highest BCUT2D eigenvalue weighted by atomic mass is 16.5. The van der Waals surface area contributed by atoms with E-state index in [0.717, 1.165) is 30.8 Å². The van der Waals surface area contributed by atoms with E-state index >= 15 is 0 Å². The molecule has 0 aromatic carbocycles. The Morgan fingerprint density at radius 1 is 1.53 bits per heavy atom. The number of hydrogen-bond acceptors (Lipinski definition) is 5. The zero-order valence-corrected chi connectivity index (χ0v) is 11.1. The SMILES string of the molecule is Cc1cc(=O)n(C(=O)CN2CCCC3CNCC32)o1. The number of hydrogen-bond donors (Lipinski definition) is 1. The molecule has 2 fully saturated rings. The molecule has 0 saturated carbocycles. The monoisotopic (exact) mass is 265 g/mol. The normalized spacial score (nSPS) is 27.4. The maximum atomic E-state index is 12.1. The molecule has 2 saturated heterocycles. The molecular formula is C13H19N3O3. The third-order valence-electron chi connectivity index (χ3n) is 4.12. The van der Waals surface area contributed by atoms with E-state index in [1.807, 2.05) is 0 Å². The van der Waals surface area contributed by atoms with Crippen molar-refractivity contribution >= 4 is 5.91 Å². The minimum absolute atomic E-state index is 0.260. The Kier molecular flexibility index (Phi) is 3.28. The summed E-state index contributed by atoms with van der Waals surface area (Å²) in [5.74, 6) is 0.833. The average Bonchev–Trinajstić information content (AvgIpc) is 2.96. The highest BCUT2D eigenvalue weighted by Crippen LogP contribution is 2.26. The molecule has 3 heterocycles. The lowest BCUT2D eigenvalue weighted by Crippen LogP contribution is -2.48. The number of carbonyl (C=O) groups is 1. The van der Waals surface area contributed by atoms with Crippen molar-refractivity contribution in [3.8, 4) is 0 Å². The fourth-order valence-electron chi connectivity index (χ4n) is 3.22. The number of piperidine rings is 1. The van der Waals surface area contributed by atoms with Gasteiger partial charge in [0, 0.05) is 18.7 Å². The molecule has 3 rings (SSSR count). The third-order valence-corrected chi connectivity index (χ3v) is 4.12. The molecule has 6 nitrogen and oxygen atoms in total. The Bertz CT molecular complexity index is 533. The van der Waals surface area contributed by atoms with Gasteiger partial charge in [-0.15, -0.1) is 4.74 Å². The van der Waals surface area contributed by atoms with Crippen LogP contribution in [-0.4, -0.2) is 47.8 Å². The summed E-state index contributed by atoms with van der Waals surface area (Å²) < 4.78 is 6.02. The Morgan fingerprint density at radius 2 is 2.37 bits per heavy atom. The van der Waals surface area contributed by atoms with E-state index in [0.29, 0.717) is 17.7 Å². The van der Waals surface area contributed by atoms with E-state index in [4.69, 9.17) is 4.52 Å². The van der Waals surface area contributed by atoms with Crippen molar-refractivity contribution in [1.29, 1.82) is 0 Å². The Morgan fingerprint density at radius 3 is 3.11 bits per heavy atom. The molecule has 104 valence electrons. The Balaban J connectivity index is 1.72. The number of carbonyl (C=O) groups excluding carboxylic acids is 1. The van der Waals surface area contributed by atoms with Crippen LogP contribution in [0.25, 0.3) is 0 Å². The molecule has 1 aromatic heterocycles. The standard InChI is InChI=1S/C13H19N3O3/c1-9-5-12(17)16(19-9)13(18)8-15-4-2-3-10-6-14-7-11(10)15/h5,10-11,14H,2-4,6-8H2,1H3. The molecule has 2 atom stereocenters. The lowest BCUT2D eigenvalue weighted by atomic mass is 9.92. The topological polar surface area (TPSA) is 67.5 Å². The van der Waals surface area contributed by atoms with E-state index in [-0.39, 0.29) is 18.0 Å². The second kappa shape index (κ2) is 4.94. The summed E-state index contributed by atoms with van der Waals surface area (Å²) in [5, 5.41) is 3.38. The second-order valence-corrected chi connectivity index (χ2v) is 5.47. The van der Waals surface area contributed by atoms with Gasteiger partial charge in [0.1, 0.15) is 5.76 Å². The zero-order valence-electron chi connectivity index (χ0n) is 11.1. The first-order chi connectivity index (χ1) is 9.15. The van der Waals surface area contributed by atoms with Gasteiger partial charge in [-0.2, -0.15) is 0 Å². The number of rotatable bonds is 2. The lowest BCUT2D eigenvalue weighted by molar-refractivity contribution is 0.0608. The van der Waals surface area contributed by atoms with Gasteiger partial charge in [0.15, 0.2) is 0 Å². The van der Waals surface area contributed by atoms with Gasteiger partial charge in [-0.3, -0.25) is 14.5 Å². The van der Waals surface area contributed by atoms with Crippen LogP contribution in [0.5, 0.6) is 0 Å². The van der Waals surface area contributed by atoms with E-state index < -0.39 is 0 Å². The van der Waals surface area contributed by atoms with E-state index in [1.54, 1.807) is 6.92 Å². The first-order valence-corrected chi connectivity index (χ1v) is 6.83. The summed E-state index contributed by atoms with van der Waals surface area (Å²) >= 11 is 0. The molecule has 2 aliphatic rings. The second-order valence-electron chi connectivity index (χ2n) is 5.47. The van der Waals surface area contributed by atoms with Crippen LogP contribution < -0.4 is 10.9 Å². The first kappa shape index (κ1) is 12.6. The van der Waals surface area contributed by atoms with E-state index in [1.165, 1.54) is 12.5 Å². The van der Waals surface area contributed by atoms with E-state index in [2.05, 4.69) is 10.2 Å². The van der Waals surface area contributed by atoms with Gasteiger partial charge in [0.2, 0.25) is 0 Å². The van der Waals surface area contributed by atoms with Gasteiger partial charge < -0.3 is 9.84 Å². The molecule has 19 heavy (non-hydrogen) atoms. The van der Waals surface area contributed by atoms with Crippen molar-refractivity contribution in [2.24, 2.45) is 5.92 Å². The molecular weight excluding hydrogens is 246 g/mol. The summed E-state index contributed by atoms with van der Waals surface area (Å²) in [7, 11) is 0. The quantitative estimate of drug-likeness (QED) is 0.820. The van der Waals surface area contributed by atoms with Gasteiger partial charge in [-0.05, 0) is 38.8 Å². The highest BCUT2D eigenvalue weighted by Gasteiger charge is 2.36. The van der Waals surface area contributed by atoms with E-state index in [9.17, 15) is 9.59 Å². The predicted molar refractivity (Wildman–Crippen MR) is 69.3 cm³/mol. The first-order valence-electron chi connectivity index (χ1n) is 6.83. The molecule has 2 unspecified atom stereocenters. The van der Waals surface area contributed by atoms with Gasteiger partial charge >= 0.3 is 0 Å². The summed E-state index contributed by atoms with van der Waals surface area (Å²) in [5.41, 5.74) is -0.374. The number of nitrogens with one attached hydrogen (secondary N) is 1. The average molecular weight is 265 g/mol. The molecule has 1 aromatic rings. The van der Waals surface area contributed by atoms with Crippen molar-refractivity contribution in [3.05, 3.63) is 22.2 Å². The molecule has 0 amide bonds. The number of likely N-dealkylation sites (tertiary alicyclic amines) is 1. The molecule has 0 bridgehead atoms. The summed E-state index contributed by atoms with van der Waals surface area (Å²) in [6.07, 6.45) is 2.34. The maximum Gasteiger partial charge on any atom is 0.290 e. The Hall–Kier alpha value is -1.40. The van der Waals surface area contributed by atoms with Crippen molar-refractivity contribution in [2.45, 2.75) is 25.8 Å². The van der Waals surface area contributed by atoms with Gasteiger partial charge in [-0.25, -0.2) is 0 Å². The van der Waals surface area contributed by atoms with Crippen LogP contribution in [-0.2, 0) is 0 Å². The van der Waals surface area contributed by atoms with Crippen LogP contribution >= 0.6 is 0 Å². The smallest absolute Gasteiger partial charge is 0.290 e. The largest absolute Gasteiger partial charge is 0.373 e. The summed E-state index contributed by atoms with van der Waals surface area (Å²) in [6, 6.07) is 1.76. The van der Waals surface area contributed by atoms with Crippen molar-refractivity contribution in [1.82, 2.24) is 15.0 Å². The van der Waals surface area contributed by atoms with Gasteiger partial charge in [-0.1, -0.05) is 0 Å². The molecule has 0 spiro atoms. The minimum atomic E-state index is -0.374. The maximum absolute atomic E-state index is 12.1. The fraction of sp³-hybridized carbons (Fsp3) is 0.692. The van der Waals surface area contributed by atoms with Crippen molar-refractivity contribution < 1.29 is 9.32 Å². The molecule has 6 heteroatoms. The fourth-order valence-corrected chi connectivity index (χ4v) is 3.22. The molecule has 0 radical (unpaired) electrons. The Labute approximate surface area is 111 Å². The van der Waals surface area contributed by atoms with Gasteiger partial charge in [0.25, 0.3) is 11.5 Å². The predicted octanol–water partition coefficient (Wildman–Crippen LogP) is 0.0737. The van der Waals surface area contributed by atoms with Crippen LogP contribution in [0.3, 0.4) is 0 Å². The zero-order chi connectivity index (χ0) is 13.4. The molecule has 2 aliphatic heterocycles. The summed E-state index contributed by atoms with van der Waals surface area (Å²) in [4.78, 5) is 25.9. The minimum Gasteiger partial charge on any atom is -0.373 e. The third kappa shape index (κ3) is 2.37. The van der Waals surface area contributed by atoms with Crippen LogP contribution in [0.1, 0.15) is 23.4 Å². The lowest BCUT2D eigenvalue weighted by Gasteiger charge is -2.36. The molecule has 0 aliphatic carbocycles. The van der Waals surface area contributed by atoms with Crippen LogP contribution in [0, 0.1) is 12.8 Å². The highest BCUT2D eigenvalue weighted by molar-refractivity contribution is 5.79. The molecule has 1 N–H and O–H groups in total. The number of aromatic nitrogens is 1. The van der Waals surface area contributed by atoms with Crippen LogP contribution in [0.2, 0.25) is 0 Å². The van der Waals surface area contributed by atoms with Crippen molar-refractivity contribution in [2.75, 3.05) is 26.2 Å². The van der Waals surface area contributed by atoms with Crippen LogP contribution in [0.4, 0.5) is 0 Å². The number of nitrogens with zero attached hydrogens (tertiary/aromatic N) is 2. The van der Waals surface area contributed by atoms with Crippen LogP contribution in [0.15, 0.2) is 15.4 Å².